The van der Waals surface area contributed by atoms with Gasteiger partial charge in [-0.1, -0.05) is 52.0 Å². The molecular weight excluding hydrogens is 824 g/mol. The van der Waals surface area contributed by atoms with E-state index in [2.05, 4.69) is 5.32 Å². The number of para-hydroxylation sites is 4. The predicted octanol–water partition coefficient (Wildman–Crippen LogP) is 8.41. The van der Waals surface area contributed by atoms with Gasteiger partial charge in [0.1, 0.15) is 23.1 Å². The SMILES string of the molecule is COc1ccc(F)cc1C(C)(C)CC(O)(C(=O)Nc1ccccc1N)C(F)(F)F.COc1ccc(F)cc1C(C)(C)CC(O)(C(=O)Nc1ccccc1NC(C)=O)C(F)(F)F. The van der Waals surface area contributed by atoms with Crippen LogP contribution >= 0.6 is 0 Å². The first-order chi connectivity index (χ1) is 28.0. The van der Waals surface area contributed by atoms with Gasteiger partial charge < -0.3 is 41.4 Å². The number of alkyl halides is 6. The molecule has 0 bridgehead atoms. The number of hydrogen-bond acceptors (Lipinski definition) is 8. The molecule has 0 spiro atoms. The van der Waals surface area contributed by atoms with E-state index in [-0.39, 0.29) is 45.4 Å². The van der Waals surface area contributed by atoms with Gasteiger partial charge in [-0.05, 0) is 71.5 Å². The fraction of sp³-hybridized carbons (Fsp3) is 0.357. The minimum atomic E-state index is -5.36. The van der Waals surface area contributed by atoms with Gasteiger partial charge in [-0.2, -0.15) is 26.3 Å². The number of rotatable bonds is 13. The van der Waals surface area contributed by atoms with Crippen LogP contribution in [-0.2, 0) is 25.2 Å². The van der Waals surface area contributed by atoms with Gasteiger partial charge >= 0.3 is 12.4 Å². The van der Waals surface area contributed by atoms with E-state index < -0.39 is 76.6 Å². The molecule has 4 aromatic carbocycles. The normalized spacial score (nSPS) is 14.0. The lowest BCUT2D eigenvalue weighted by Crippen LogP contribution is -2.57. The van der Waals surface area contributed by atoms with Crippen LogP contribution in [0.1, 0.15) is 58.6 Å². The molecule has 4 rings (SSSR count). The summed E-state index contributed by atoms with van der Waals surface area (Å²) in [7, 11) is 2.56. The van der Waals surface area contributed by atoms with Crippen molar-refractivity contribution in [3.8, 4) is 11.5 Å². The molecule has 0 saturated heterocycles. The van der Waals surface area contributed by atoms with Crippen LogP contribution in [-0.4, -0.2) is 65.7 Å². The van der Waals surface area contributed by atoms with Crippen LogP contribution in [0.2, 0.25) is 0 Å². The third-order valence-corrected chi connectivity index (χ3v) is 9.56. The third-order valence-electron chi connectivity index (χ3n) is 9.56. The van der Waals surface area contributed by atoms with Gasteiger partial charge in [0, 0.05) is 30.9 Å². The van der Waals surface area contributed by atoms with Crippen LogP contribution in [0.15, 0.2) is 84.9 Å². The quantitative estimate of drug-likeness (QED) is 0.0575. The molecule has 7 N–H and O–H groups in total. The Morgan fingerprint density at radius 2 is 0.934 bits per heavy atom. The molecule has 0 aromatic heterocycles. The summed E-state index contributed by atoms with van der Waals surface area (Å²) in [4.78, 5) is 36.6. The summed E-state index contributed by atoms with van der Waals surface area (Å²) in [5.41, 5.74) is -4.94. The van der Waals surface area contributed by atoms with Gasteiger partial charge in [-0.25, -0.2) is 8.78 Å². The van der Waals surface area contributed by atoms with Crippen molar-refractivity contribution < 1.29 is 69.2 Å². The Hall–Kier alpha value is -5.95. The Morgan fingerprint density at radius 3 is 1.28 bits per heavy atom. The highest BCUT2D eigenvalue weighted by atomic mass is 19.4. The Balaban J connectivity index is 0.000000327. The average Bonchev–Trinajstić information content (AvgIpc) is 3.15. The van der Waals surface area contributed by atoms with Crippen LogP contribution in [0, 0.1) is 11.6 Å². The van der Waals surface area contributed by atoms with Crippen LogP contribution in [0.5, 0.6) is 11.5 Å². The van der Waals surface area contributed by atoms with Crippen molar-refractivity contribution in [1.82, 2.24) is 0 Å². The molecule has 0 aliphatic heterocycles. The van der Waals surface area contributed by atoms with Crippen molar-refractivity contribution >= 4 is 40.5 Å². The van der Waals surface area contributed by atoms with E-state index in [0.29, 0.717) is 0 Å². The summed E-state index contributed by atoms with van der Waals surface area (Å²) in [6, 6.07) is 18.0. The number of nitrogen functional groups attached to an aromatic ring is 1. The van der Waals surface area contributed by atoms with E-state index in [1.165, 1.54) is 103 Å². The lowest BCUT2D eigenvalue weighted by molar-refractivity contribution is -0.255. The van der Waals surface area contributed by atoms with Crippen LogP contribution < -0.4 is 31.2 Å². The summed E-state index contributed by atoms with van der Waals surface area (Å²) in [5.74, 6) is -5.09. The summed E-state index contributed by atoms with van der Waals surface area (Å²) in [6.45, 7) is 6.56. The number of methoxy groups -OCH3 is 2. The third kappa shape index (κ3) is 11.7. The Bertz CT molecular complexity index is 2210. The van der Waals surface area contributed by atoms with Crippen LogP contribution in [0.4, 0.5) is 57.9 Å². The van der Waals surface area contributed by atoms with Crippen molar-refractivity contribution in [2.45, 2.75) is 81.8 Å². The maximum Gasteiger partial charge on any atom is 0.426 e. The number of carbonyl (C=O) groups excluding carboxylic acids is 3. The smallest absolute Gasteiger partial charge is 0.426 e. The topological polar surface area (TPSA) is 172 Å². The zero-order valence-electron chi connectivity index (χ0n) is 34.0. The highest BCUT2D eigenvalue weighted by molar-refractivity contribution is 6.03. The Kier molecular flexibility index (Phi) is 15.2. The molecule has 0 fully saturated rings. The molecule has 0 radical (unpaired) electrons. The number of amides is 3. The number of benzene rings is 4. The van der Waals surface area contributed by atoms with Gasteiger partial charge in [0.15, 0.2) is 0 Å². The minimum absolute atomic E-state index is 0.0384. The monoisotopic (exact) mass is 870 g/mol. The first-order valence-electron chi connectivity index (χ1n) is 18.1. The predicted molar refractivity (Wildman–Crippen MR) is 212 cm³/mol. The first-order valence-corrected chi connectivity index (χ1v) is 18.1. The molecule has 0 heterocycles. The highest BCUT2D eigenvalue weighted by Gasteiger charge is 2.63. The molecule has 4 aromatic rings. The molecule has 3 amide bonds. The number of hydrogen-bond donors (Lipinski definition) is 6. The maximum absolute atomic E-state index is 14.0. The number of halogens is 8. The maximum atomic E-state index is 14.0. The number of carbonyl (C=O) groups is 3. The van der Waals surface area contributed by atoms with Gasteiger partial charge in [-0.3, -0.25) is 14.4 Å². The molecule has 19 heteroatoms. The van der Waals surface area contributed by atoms with E-state index >= 15 is 0 Å². The molecule has 2 unspecified atom stereocenters. The van der Waals surface area contributed by atoms with E-state index in [4.69, 9.17) is 15.2 Å². The van der Waals surface area contributed by atoms with Gasteiger partial charge in [0.05, 0.1) is 37.0 Å². The fourth-order valence-corrected chi connectivity index (χ4v) is 6.46. The summed E-state index contributed by atoms with van der Waals surface area (Å²) in [6.07, 6.45) is -12.9. The Morgan fingerprint density at radius 1 is 0.590 bits per heavy atom. The lowest BCUT2D eigenvalue weighted by atomic mass is 9.74. The van der Waals surface area contributed by atoms with Crippen molar-refractivity contribution in [2.75, 3.05) is 35.9 Å². The fourth-order valence-electron chi connectivity index (χ4n) is 6.46. The molecule has 332 valence electrons. The molecule has 61 heavy (non-hydrogen) atoms. The minimum Gasteiger partial charge on any atom is -0.496 e. The van der Waals surface area contributed by atoms with Gasteiger partial charge in [0.2, 0.25) is 17.1 Å². The second kappa shape index (κ2) is 18.8. The summed E-state index contributed by atoms with van der Waals surface area (Å²) < 4.78 is 121. The number of aliphatic hydroxyl groups is 2. The van der Waals surface area contributed by atoms with E-state index in [1.807, 2.05) is 10.6 Å². The molecule has 0 aliphatic rings. The average molecular weight is 871 g/mol. The molecule has 0 aliphatic carbocycles. The zero-order valence-corrected chi connectivity index (χ0v) is 34.0. The van der Waals surface area contributed by atoms with E-state index in [1.54, 1.807) is 6.07 Å². The largest absolute Gasteiger partial charge is 0.496 e. The first kappa shape index (κ1) is 49.4. The van der Waals surface area contributed by atoms with Crippen molar-refractivity contribution in [3.05, 3.63) is 108 Å². The van der Waals surface area contributed by atoms with E-state index in [9.17, 15) is 59.7 Å². The van der Waals surface area contributed by atoms with E-state index in [0.717, 1.165) is 24.3 Å². The number of nitrogens with one attached hydrogen (secondary N) is 3. The number of ether oxygens (including phenoxy) is 2. The second-order valence-corrected chi connectivity index (χ2v) is 15.2. The van der Waals surface area contributed by atoms with Crippen molar-refractivity contribution in [3.63, 3.8) is 0 Å². The summed E-state index contributed by atoms with van der Waals surface area (Å²) in [5, 5.41) is 27.6. The molecular formula is C42H46F8N4O7. The number of anilines is 4. The van der Waals surface area contributed by atoms with Crippen LogP contribution in [0.25, 0.3) is 0 Å². The van der Waals surface area contributed by atoms with Crippen molar-refractivity contribution in [1.29, 1.82) is 0 Å². The zero-order chi connectivity index (χ0) is 46.4. The lowest BCUT2D eigenvalue weighted by Gasteiger charge is -2.37. The Labute approximate surface area is 346 Å². The van der Waals surface area contributed by atoms with Gasteiger partial charge in [0.25, 0.3) is 11.8 Å². The van der Waals surface area contributed by atoms with Gasteiger partial charge in [-0.15, -0.1) is 0 Å². The standard InChI is InChI=1S/C22H24F4N2O4.C20H22F4N2O3/c1-13(29)27-16-7-5-6-8-17(16)28-19(30)21(31,22(24,25)26)12-20(2,3)15-11-14(23)9-10-18(15)32-4;1-18(2,13-10-12(21)8-9-16(13)29-3)11-19(28,20(22,23)24)17(27)26-15-7-5-4-6-14(15)25/h5-11,31H,12H2,1-4H3,(H,27,29)(H,28,30);4-10,28H,11,25H2,1-3H3,(H,26,27). The highest BCUT2D eigenvalue weighted by Crippen LogP contribution is 2.46. The van der Waals surface area contributed by atoms with Crippen LogP contribution in [0.3, 0.4) is 0 Å². The van der Waals surface area contributed by atoms with Crippen molar-refractivity contribution in [2.24, 2.45) is 0 Å². The molecule has 2 atom stereocenters. The molecule has 0 saturated carbocycles. The number of nitrogens with two attached hydrogens (primary N) is 1. The second-order valence-electron chi connectivity index (χ2n) is 15.2. The summed E-state index contributed by atoms with van der Waals surface area (Å²) >= 11 is 0. The molecule has 11 nitrogen and oxygen atoms in total.